The highest BCUT2D eigenvalue weighted by Gasteiger charge is 2.37. The van der Waals surface area contributed by atoms with Crippen LogP contribution in [-0.2, 0) is 13.2 Å². The molecule has 0 aliphatic heterocycles. The third kappa shape index (κ3) is 7.59. The first-order valence-electron chi connectivity index (χ1n) is 14.6. The highest BCUT2D eigenvalue weighted by molar-refractivity contribution is 6.22. The fourth-order valence-electron chi connectivity index (χ4n) is 5.08. The maximum Gasteiger partial charge on any atom is 0.336 e. The van der Waals surface area contributed by atoms with E-state index in [2.05, 4.69) is 0 Å². The van der Waals surface area contributed by atoms with Gasteiger partial charge < -0.3 is 29.2 Å². The molecule has 0 aliphatic carbocycles. The summed E-state index contributed by atoms with van der Waals surface area (Å²) in [5, 5.41) is 21.1. The van der Waals surface area contributed by atoms with Crippen molar-refractivity contribution in [3.63, 3.8) is 0 Å². The molecule has 0 aliphatic rings. The molecule has 0 bridgehead atoms. The number of Topliss-reactive ketones (excluding diaryl/α,β-unsaturated/α-hetero) is 2. The number of carboxylic acids is 1. The van der Waals surface area contributed by atoms with E-state index in [1.54, 1.807) is 12.1 Å². The van der Waals surface area contributed by atoms with Gasteiger partial charge in [-0.15, -0.1) is 0 Å². The first kappa shape index (κ1) is 32.3. The van der Waals surface area contributed by atoms with Gasteiger partial charge in [0.15, 0.2) is 11.6 Å². The summed E-state index contributed by atoms with van der Waals surface area (Å²) >= 11 is 0. The fraction of sp³-hybridized carbons (Fsp3) is 0.132. The Kier molecular flexibility index (Phi) is 10.2. The summed E-state index contributed by atoms with van der Waals surface area (Å²) in [6, 6.07) is 31.8. The predicted molar refractivity (Wildman–Crippen MR) is 174 cm³/mol. The Balaban J connectivity index is 1.56. The summed E-state index contributed by atoms with van der Waals surface area (Å²) in [5.74, 6) is -4.23. The molecule has 1 atom stereocenters. The molecule has 0 saturated carbocycles. The molecule has 0 spiro atoms. The van der Waals surface area contributed by atoms with Crippen LogP contribution in [0.3, 0.4) is 0 Å². The third-order valence-corrected chi connectivity index (χ3v) is 7.48. The number of ketones is 2. The largest absolute Gasteiger partial charge is 0.507 e. The number of aromatic hydroxyl groups is 1. The zero-order valence-electron chi connectivity index (χ0n) is 25.7. The summed E-state index contributed by atoms with van der Waals surface area (Å²) in [6.45, 7) is 0.473. The minimum Gasteiger partial charge on any atom is -0.507 e. The number of phenols is 1. The summed E-state index contributed by atoms with van der Waals surface area (Å²) < 4.78 is 22.4. The van der Waals surface area contributed by atoms with Crippen molar-refractivity contribution in [2.45, 2.75) is 19.1 Å². The van der Waals surface area contributed by atoms with Gasteiger partial charge >= 0.3 is 5.97 Å². The van der Waals surface area contributed by atoms with Crippen LogP contribution in [0.5, 0.6) is 28.7 Å². The maximum atomic E-state index is 14.4. The molecule has 238 valence electrons. The number of rotatable bonds is 14. The molecule has 2 N–H and O–H groups in total. The summed E-state index contributed by atoms with van der Waals surface area (Å²) in [7, 11) is 2.69. The molecule has 1 unspecified atom stereocenters. The Morgan fingerprint density at radius 2 is 1.21 bits per heavy atom. The monoisotopic (exact) mass is 632 g/mol. The fourth-order valence-corrected chi connectivity index (χ4v) is 5.08. The number of methoxy groups -OCH3 is 2. The van der Waals surface area contributed by atoms with Gasteiger partial charge in [0.2, 0.25) is 0 Å². The number of benzene rings is 5. The molecule has 0 heterocycles. The molecule has 0 radical (unpaired) electrons. The van der Waals surface area contributed by atoms with Crippen molar-refractivity contribution in [2.75, 3.05) is 14.2 Å². The minimum absolute atomic E-state index is 0.0531. The summed E-state index contributed by atoms with van der Waals surface area (Å²) in [4.78, 5) is 41.2. The first-order valence-corrected chi connectivity index (χ1v) is 14.6. The van der Waals surface area contributed by atoms with Crippen LogP contribution in [0.25, 0.3) is 0 Å². The second-order valence-corrected chi connectivity index (χ2v) is 10.5. The number of hydrogen-bond donors (Lipinski definition) is 2. The van der Waals surface area contributed by atoms with Gasteiger partial charge in [-0.2, -0.15) is 0 Å². The molecule has 5 aromatic carbocycles. The highest BCUT2D eigenvalue weighted by atomic mass is 16.5. The van der Waals surface area contributed by atoms with Gasteiger partial charge in [0, 0.05) is 17.7 Å². The molecule has 0 amide bonds. The van der Waals surface area contributed by atoms with E-state index in [9.17, 15) is 24.6 Å². The Labute approximate surface area is 271 Å². The molecule has 9 nitrogen and oxygen atoms in total. The van der Waals surface area contributed by atoms with E-state index in [0.29, 0.717) is 12.4 Å². The predicted octanol–water partition coefficient (Wildman–Crippen LogP) is 7.12. The number of phenolic OH excluding ortho intramolecular Hbond substituents is 1. The molecule has 5 rings (SSSR count). The second kappa shape index (κ2) is 14.8. The Morgan fingerprint density at radius 3 is 1.77 bits per heavy atom. The van der Waals surface area contributed by atoms with Crippen molar-refractivity contribution in [1.29, 1.82) is 0 Å². The molecule has 47 heavy (non-hydrogen) atoms. The van der Waals surface area contributed by atoms with Crippen molar-refractivity contribution in [3.05, 3.63) is 149 Å². The number of aromatic carboxylic acids is 1. The summed E-state index contributed by atoms with van der Waals surface area (Å²) in [5.41, 5.74) is 1.25. The highest BCUT2D eigenvalue weighted by Crippen LogP contribution is 2.39. The molecule has 0 aromatic heterocycles. The van der Waals surface area contributed by atoms with Crippen LogP contribution in [0.1, 0.15) is 53.7 Å². The zero-order valence-corrected chi connectivity index (χ0v) is 25.7. The van der Waals surface area contributed by atoms with Crippen LogP contribution in [0, 0.1) is 0 Å². The molecular formula is C38H32O9. The quantitative estimate of drug-likeness (QED) is 0.0972. The van der Waals surface area contributed by atoms with Gasteiger partial charge in [-0.25, -0.2) is 4.79 Å². The normalized spacial score (nSPS) is 11.3. The smallest absolute Gasteiger partial charge is 0.336 e. The van der Waals surface area contributed by atoms with E-state index in [1.165, 1.54) is 56.7 Å². The van der Waals surface area contributed by atoms with E-state index in [1.807, 2.05) is 60.7 Å². The molecular weight excluding hydrogens is 600 g/mol. The van der Waals surface area contributed by atoms with Crippen molar-refractivity contribution in [3.8, 4) is 28.7 Å². The second-order valence-electron chi connectivity index (χ2n) is 10.5. The summed E-state index contributed by atoms with van der Waals surface area (Å²) in [6.07, 6.45) is 0. The molecule has 0 fully saturated rings. The topological polar surface area (TPSA) is 129 Å². The zero-order chi connectivity index (χ0) is 33.3. The van der Waals surface area contributed by atoms with Gasteiger partial charge in [-0.1, -0.05) is 60.7 Å². The van der Waals surface area contributed by atoms with Crippen molar-refractivity contribution in [1.82, 2.24) is 0 Å². The standard InChI is InChI=1S/C38H32O9/c1-44-29-20-32(39)35(33(21-29)45-2)37(41)34(36(40)26-13-15-27(16-14-26)46-22-24-9-5-3-6-10-24)31-19-28(17-18-30(31)38(42)43)47-23-25-11-7-4-8-12-25/h3-21,34,39H,22-23H2,1-2H3,(H,42,43). The van der Waals surface area contributed by atoms with Crippen LogP contribution >= 0.6 is 0 Å². The van der Waals surface area contributed by atoms with E-state index >= 15 is 0 Å². The van der Waals surface area contributed by atoms with E-state index in [-0.39, 0.29) is 46.1 Å². The van der Waals surface area contributed by atoms with Crippen molar-refractivity contribution in [2.24, 2.45) is 0 Å². The lowest BCUT2D eigenvalue weighted by Crippen LogP contribution is -2.25. The number of carbonyl (C=O) groups is 3. The van der Waals surface area contributed by atoms with Crippen molar-refractivity contribution >= 4 is 17.5 Å². The number of carboxylic acid groups (broad SMARTS) is 1. The third-order valence-electron chi connectivity index (χ3n) is 7.48. The Bertz CT molecular complexity index is 1870. The van der Waals surface area contributed by atoms with Gasteiger partial charge in [0.1, 0.15) is 53.4 Å². The minimum atomic E-state index is -1.70. The number of hydrogen-bond acceptors (Lipinski definition) is 8. The van der Waals surface area contributed by atoms with Gasteiger partial charge in [-0.3, -0.25) is 9.59 Å². The Morgan fingerprint density at radius 1 is 0.638 bits per heavy atom. The van der Waals surface area contributed by atoms with Crippen LogP contribution in [-0.4, -0.2) is 42.0 Å². The van der Waals surface area contributed by atoms with Crippen LogP contribution in [0.2, 0.25) is 0 Å². The Hall–Kier alpha value is -6.09. The van der Waals surface area contributed by atoms with Crippen LogP contribution in [0.4, 0.5) is 0 Å². The lowest BCUT2D eigenvalue weighted by molar-refractivity contribution is 0.0695. The lowest BCUT2D eigenvalue weighted by atomic mass is 9.81. The van der Waals surface area contributed by atoms with Crippen LogP contribution < -0.4 is 18.9 Å². The SMILES string of the molecule is COc1cc(O)c(C(=O)C(C(=O)c2ccc(OCc3ccccc3)cc2)c2cc(OCc3ccccc3)ccc2C(=O)O)c(OC)c1. The van der Waals surface area contributed by atoms with Crippen molar-refractivity contribution < 1.29 is 43.5 Å². The maximum absolute atomic E-state index is 14.4. The number of carbonyl (C=O) groups excluding carboxylic acids is 2. The lowest BCUT2D eigenvalue weighted by Gasteiger charge is -2.21. The molecule has 5 aromatic rings. The average molecular weight is 633 g/mol. The molecule has 9 heteroatoms. The van der Waals surface area contributed by atoms with Gasteiger partial charge in [0.25, 0.3) is 0 Å². The van der Waals surface area contributed by atoms with Crippen LogP contribution in [0.15, 0.2) is 115 Å². The van der Waals surface area contributed by atoms with Gasteiger partial charge in [-0.05, 0) is 59.2 Å². The molecule has 0 saturated heterocycles. The first-order chi connectivity index (χ1) is 22.8. The number of ether oxygens (including phenoxy) is 4. The van der Waals surface area contributed by atoms with E-state index in [0.717, 1.165) is 11.1 Å². The van der Waals surface area contributed by atoms with E-state index < -0.39 is 29.2 Å². The average Bonchev–Trinajstić information content (AvgIpc) is 3.10. The van der Waals surface area contributed by atoms with Gasteiger partial charge in [0.05, 0.1) is 19.8 Å². The van der Waals surface area contributed by atoms with E-state index in [4.69, 9.17) is 18.9 Å².